The molecule has 1 aliphatic heterocycles. The average molecular weight is 425 g/mol. The van der Waals surface area contributed by atoms with Crippen LogP contribution in [0.15, 0.2) is 79.0 Å². The number of carbonyl (C=O) groups excluding carboxylic acids is 1. The highest BCUT2D eigenvalue weighted by Gasteiger charge is 2.26. The zero-order valence-corrected chi connectivity index (χ0v) is 17.9. The second-order valence-corrected chi connectivity index (χ2v) is 7.91. The lowest BCUT2D eigenvalue weighted by molar-refractivity contribution is 0.111. The monoisotopic (exact) mass is 424 g/mol. The minimum atomic E-state index is -0.136. The van der Waals surface area contributed by atoms with Crippen LogP contribution >= 0.6 is 0 Å². The van der Waals surface area contributed by atoms with Gasteiger partial charge in [-0.2, -0.15) is 0 Å². The predicted molar refractivity (Wildman–Crippen MR) is 126 cm³/mol. The van der Waals surface area contributed by atoms with Crippen molar-refractivity contribution >= 4 is 22.8 Å². The van der Waals surface area contributed by atoms with Crippen LogP contribution in [0.25, 0.3) is 33.4 Å². The lowest BCUT2D eigenvalue weighted by Crippen LogP contribution is -2.33. The van der Waals surface area contributed by atoms with E-state index in [1.54, 1.807) is 18.2 Å². The predicted octanol–water partition coefficient (Wildman–Crippen LogP) is 5.22. The van der Waals surface area contributed by atoms with Gasteiger partial charge in [0.05, 0.1) is 23.7 Å². The summed E-state index contributed by atoms with van der Waals surface area (Å²) in [6, 6.07) is 24.2. The molecule has 5 rings (SSSR count). The maximum atomic E-state index is 12.7. The van der Waals surface area contributed by atoms with Crippen molar-refractivity contribution in [2.75, 3.05) is 25.5 Å². The maximum Gasteiger partial charge on any atom is 0.321 e. The van der Waals surface area contributed by atoms with Crippen molar-refractivity contribution in [2.24, 2.45) is 0 Å². The van der Waals surface area contributed by atoms with Crippen LogP contribution in [-0.2, 0) is 4.74 Å². The SMILES string of the molecule is COC1CCN(C(=O)Nc2cnc3nc(-c4ccccc4)c(-c4ccccc4)cc3c2)C1. The van der Waals surface area contributed by atoms with Crippen molar-refractivity contribution in [2.45, 2.75) is 12.5 Å². The average Bonchev–Trinajstić information content (AvgIpc) is 3.34. The summed E-state index contributed by atoms with van der Waals surface area (Å²) in [5.41, 5.74) is 5.32. The number of methoxy groups -OCH3 is 1. The van der Waals surface area contributed by atoms with Gasteiger partial charge in [0.25, 0.3) is 0 Å². The molecular formula is C26H24N4O2. The van der Waals surface area contributed by atoms with Gasteiger partial charge < -0.3 is 15.0 Å². The molecule has 1 unspecified atom stereocenters. The van der Waals surface area contributed by atoms with E-state index in [4.69, 9.17) is 9.72 Å². The molecule has 3 heterocycles. The fraction of sp³-hybridized carbons (Fsp3) is 0.192. The first-order chi connectivity index (χ1) is 15.7. The number of nitrogens with one attached hydrogen (secondary N) is 1. The molecule has 160 valence electrons. The quantitative estimate of drug-likeness (QED) is 0.488. The summed E-state index contributed by atoms with van der Waals surface area (Å²) in [5, 5.41) is 3.84. The molecule has 2 amide bonds. The van der Waals surface area contributed by atoms with Crippen molar-refractivity contribution in [1.29, 1.82) is 0 Å². The van der Waals surface area contributed by atoms with Gasteiger partial charge >= 0.3 is 6.03 Å². The van der Waals surface area contributed by atoms with Crippen LogP contribution in [-0.4, -0.2) is 47.2 Å². The third-order valence-corrected chi connectivity index (χ3v) is 5.82. The first kappa shape index (κ1) is 20.2. The fourth-order valence-corrected chi connectivity index (χ4v) is 4.09. The number of aromatic nitrogens is 2. The third kappa shape index (κ3) is 4.05. The molecule has 4 aromatic rings. The standard InChI is InChI=1S/C26H24N4O2/c1-32-22-12-13-30(17-22)26(31)28-21-14-20-15-23(18-8-4-2-5-9-18)24(29-25(20)27-16-21)19-10-6-3-7-11-19/h2-11,14-16,22H,12-13,17H2,1H3,(H,28,31). The number of hydrogen-bond donors (Lipinski definition) is 1. The van der Waals surface area contributed by atoms with E-state index in [-0.39, 0.29) is 12.1 Å². The number of ether oxygens (including phenoxy) is 1. The number of pyridine rings is 2. The van der Waals surface area contributed by atoms with E-state index in [0.29, 0.717) is 24.4 Å². The maximum absolute atomic E-state index is 12.7. The molecule has 6 heteroatoms. The van der Waals surface area contributed by atoms with Gasteiger partial charge in [0.2, 0.25) is 0 Å². The Morgan fingerprint density at radius 1 is 1.03 bits per heavy atom. The molecule has 1 saturated heterocycles. The van der Waals surface area contributed by atoms with Gasteiger partial charge in [0.1, 0.15) is 0 Å². The van der Waals surface area contributed by atoms with Gasteiger partial charge in [-0.1, -0.05) is 60.7 Å². The first-order valence-corrected chi connectivity index (χ1v) is 10.7. The minimum Gasteiger partial charge on any atom is -0.380 e. The lowest BCUT2D eigenvalue weighted by atomic mass is 9.98. The van der Waals surface area contributed by atoms with E-state index in [1.807, 2.05) is 42.5 Å². The number of nitrogens with zero attached hydrogens (tertiary/aromatic N) is 3. The fourth-order valence-electron chi connectivity index (χ4n) is 4.09. The van der Waals surface area contributed by atoms with Crippen LogP contribution in [0.5, 0.6) is 0 Å². The van der Waals surface area contributed by atoms with Gasteiger partial charge in [0, 0.05) is 36.7 Å². The van der Waals surface area contributed by atoms with E-state index in [0.717, 1.165) is 34.2 Å². The highest BCUT2D eigenvalue weighted by molar-refractivity contribution is 5.94. The number of fused-ring (bicyclic) bond motifs is 1. The van der Waals surface area contributed by atoms with Crippen molar-refractivity contribution in [3.63, 3.8) is 0 Å². The Morgan fingerprint density at radius 2 is 1.75 bits per heavy atom. The Labute approximate surface area is 186 Å². The van der Waals surface area contributed by atoms with Crippen LogP contribution < -0.4 is 5.32 Å². The summed E-state index contributed by atoms with van der Waals surface area (Å²) >= 11 is 0. The van der Waals surface area contributed by atoms with Gasteiger partial charge in [-0.3, -0.25) is 0 Å². The molecule has 6 nitrogen and oxygen atoms in total. The molecule has 0 bridgehead atoms. The van der Waals surface area contributed by atoms with Crippen molar-refractivity contribution in [1.82, 2.24) is 14.9 Å². The Kier molecular flexibility index (Phi) is 5.52. The zero-order chi connectivity index (χ0) is 21.9. The number of anilines is 1. The molecule has 1 aliphatic rings. The molecule has 2 aromatic carbocycles. The van der Waals surface area contributed by atoms with Gasteiger partial charge in [-0.05, 0) is 24.1 Å². The summed E-state index contributed by atoms with van der Waals surface area (Å²) < 4.78 is 5.36. The molecule has 1 fully saturated rings. The zero-order valence-electron chi connectivity index (χ0n) is 17.9. The van der Waals surface area contributed by atoms with E-state index in [1.165, 1.54) is 0 Å². The van der Waals surface area contributed by atoms with Gasteiger partial charge in [-0.25, -0.2) is 14.8 Å². The number of urea groups is 1. The van der Waals surface area contributed by atoms with Crippen molar-refractivity contribution in [3.05, 3.63) is 79.0 Å². The summed E-state index contributed by atoms with van der Waals surface area (Å²) in [4.78, 5) is 23.9. The smallest absolute Gasteiger partial charge is 0.321 e. The number of rotatable bonds is 4. The van der Waals surface area contributed by atoms with Gasteiger partial charge in [-0.15, -0.1) is 0 Å². The number of amides is 2. The molecular weight excluding hydrogens is 400 g/mol. The first-order valence-electron chi connectivity index (χ1n) is 10.7. The number of hydrogen-bond acceptors (Lipinski definition) is 4. The summed E-state index contributed by atoms with van der Waals surface area (Å²) in [6.45, 7) is 1.29. The van der Waals surface area contributed by atoms with Gasteiger partial charge in [0.15, 0.2) is 5.65 Å². The highest BCUT2D eigenvalue weighted by atomic mass is 16.5. The molecule has 1 atom stereocenters. The number of carbonyl (C=O) groups is 1. The molecule has 0 aliphatic carbocycles. The van der Waals surface area contributed by atoms with Crippen LogP contribution in [0.3, 0.4) is 0 Å². The van der Waals surface area contributed by atoms with Crippen molar-refractivity contribution < 1.29 is 9.53 Å². The molecule has 0 saturated carbocycles. The Bertz CT molecular complexity index is 1240. The summed E-state index contributed by atoms with van der Waals surface area (Å²) in [6.07, 6.45) is 2.62. The van der Waals surface area contributed by atoms with Crippen LogP contribution in [0, 0.1) is 0 Å². The molecule has 0 spiro atoms. The van der Waals surface area contributed by atoms with E-state index < -0.39 is 0 Å². The molecule has 32 heavy (non-hydrogen) atoms. The second-order valence-electron chi connectivity index (χ2n) is 7.91. The number of benzene rings is 2. The Morgan fingerprint density at radius 3 is 2.44 bits per heavy atom. The van der Waals surface area contributed by atoms with Crippen LogP contribution in [0.2, 0.25) is 0 Å². The minimum absolute atomic E-state index is 0.101. The normalized spacial score (nSPS) is 15.8. The summed E-state index contributed by atoms with van der Waals surface area (Å²) in [7, 11) is 1.68. The Balaban J connectivity index is 1.51. The molecule has 0 radical (unpaired) electrons. The van der Waals surface area contributed by atoms with E-state index in [9.17, 15) is 4.79 Å². The Hall–Kier alpha value is -3.77. The molecule has 1 N–H and O–H groups in total. The van der Waals surface area contributed by atoms with E-state index in [2.05, 4.69) is 40.6 Å². The molecule has 2 aromatic heterocycles. The van der Waals surface area contributed by atoms with Crippen LogP contribution in [0.1, 0.15) is 6.42 Å². The van der Waals surface area contributed by atoms with E-state index >= 15 is 0 Å². The largest absolute Gasteiger partial charge is 0.380 e. The highest BCUT2D eigenvalue weighted by Crippen LogP contribution is 2.33. The lowest BCUT2D eigenvalue weighted by Gasteiger charge is -2.17. The summed E-state index contributed by atoms with van der Waals surface area (Å²) in [5.74, 6) is 0. The topological polar surface area (TPSA) is 67.3 Å². The van der Waals surface area contributed by atoms with Crippen LogP contribution in [0.4, 0.5) is 10.5 Å². The second kappa shape index (κ2) is 8.77. The third-order valence-electron chi connectivity index (χ3n) is 5.82. The van der Waals surface area contributed by atoms with Crippen molar-refractivity contribution in [3.8, 4) is 22.4 Å². The number of likely N-dealkylation sites (tertiary alicyclic amines) is 1.